The fourth-order valence-corrected chi connectivity index (χ4v) is 2.02. The van der Waals surface area contributed by atoms with Gasteiger partial charge in [0.05, 0.1) is 0 Å². The van der Waals surface area contributed by atoms with Crippen LogP contribution in [0.5, 0.6) is 5.75 Å². The SMILES string of the molecule is Cc1noc(COc2ccc(Br)cc2C(C)C)n1. The first-order valence-corrected chi connectivity index (χ1v) is 6.57. The average molecular weight is 311 g/mol. The van der Waals surface area contributed by atoms with Crippen molar-refractivity contribution in [2.24, 2.45) is 0 Å². The highest BCUT2D eigenvalue weighted by Gasteiger charge is 2.10. The molecule has 2 rings (SSSR count). The monoisotopic (exact) mass is 310 g/mol. The Morgan fingerprint density at radius 1 is 1.39 bits per heavy atom. The van der Waals surface area contributed by atoms with Crippen LogP contribution in [0.1, 0.15) is 37.0 Å². The molecule has 2 aromatic rings. The summed E-state index contributed by atoms with van der Waals surface area (Å²) >= 11 is 3.47. The summed E-state index contributed by atoms with van der Waals surface area (Å²) in [6, 6.07) is 5.97. The van der Waals surface area contributed by atoms with Crippen molar-refractivity contribution in [2.45, 2.75) is 33.3 Å². The predicted octanol–water partition coefficient (Wildman–Crippen LogP) is 3.84. The zero-order valence-electron chi connectivity index (χ0n) is 10.6. The van der Waals surface area contributed by atoms with Gasteiger partial charge in [0.15, 0.2) is 12.4 Å². The Balaban J connectivity index is 2.13. The molecule has 1 heterocycles. The molecule has 96 valence electrons. The number of ether oxygens (including phenoxy) is 1. The minimum atomic E-state index is 0.294. The van der Waals surface area contributed by atoms with Crippen molar-refractivity contribution in [3.05, 3.63) is 40.0 Å². The summed E-state index contributed by atoms with van der Waals surface area (Å²) in [5, 5.41) is 3.73. The molecule has 0 fully saturated rings. The molecule has 0 aliphatic rings. The van der Waals surface area contributed by atoms with Crippen molar-refractivity contribution in [2.75, 3.05) is 0 Å². The Morgan fingerprint density at radius 3 is 2.78 bits per heavy atom. The fraction of sp³-hybridized carbons (Fsp3) is 0.385. The van der Waals surface area contributed by atoms with Gasteiger partial charge < -0.3 is 9.26 Å². The van der Waals surface area contributed by atoms with Crippen molar-refractivity contribution in [1.82, 2.24) is 10.1 Å². The van der Waals surface area contributed by atoms with Crippen LogP contribution in [0.15, 0.2) is 27.2 Å². The van der Waals surface area contributed by atoms with Crippen LogP contribution in [0.25, 0.3) is 0 Å². The first-order chi connectivity index (χ1) is 8.56. The highest BCUT2D eigenvalue weighted by molar-refractivity contribution is 9.10. The molecule has 18 heavy (non-hydrogen) atoms. The van der Waals surface area contributed by atoms with E-state index in [1.165, 1.54) is 0 Å². The third kappa shape index (κ3) is 3.10. The smallest absolute Gasteiger partial charge is 0.264 e. The molecular weight excluding hydrogens is 296 g/mol. The van der Waals surface area contributed by atoms with Crippen LogP contribution in [0, 0.1) is 6.92 Å². The first-order valence-electron chi connectivity index (χ1n) is 5.77. The van der Waals surface area contributed by atoms with E-state index in [0.29, 0.717) is 24.2 Å². The van der Waals surface area contributed by atoms with Crippen LogP contribution in [-0.2, 0) is 6.61 Å². The number of aromatic nitrogens is 2. The summed E-state index contributed by atoms with van der Waals surface area (Å²) in [5.41, 5.74) is 1.15. The predicted molar refractivity (Wildman–Crippen MR) is 71.6 cm³/mol. The topological polar surface area (TPSA) is 48.2 Å². The van der Waals surface area contributed by atoms with Crippen LogP contribution in [0.3, 0.4) is 0 Å². The van der Waals surface area contributed by atoms with Gasteiger partial charge in [-0.2, -0.15) is 4.98 Å². The lowest BCUT2D eigenvalue weighted by Crippen LogP contribution is -2.00. The lowest BCUT2D eigenvalue weighted by atomic mass is 10.0. The minimum Gasteiger partial charge on any atom is -0.483 e. The maximum Gasteiger partial charge on any atom is 0.264 e. The zero-order valence-corrected chi connectivity index (χ0v) is 12.2. The highest BCUT2D eigenvalue weighted by Crippen LogP contribution is 2.29. The number of halogens is 1. The molecule has 0 amide bonds. The Labute approximate surface area is 114 Å². The van der Waals surface area contributed by atoms with E-state index < -0.39 is 0 Å². The van der Waals surface area contributed by atoms with Crippen molar-refractivity contribution < 1.29 is 9.26 Å². The molecule has 0 radical (unpaired) electrons. The lowest BCUT2D eigenvalue weighted by molar-refractivity contribution is 0.240. The average Bonchev–Trinajstić information content (AvgIpc) is 2.73. The van der Waals surface area contributed by atoms with E-state index in [0.717, 1.165) is 15.8 Å². The summed E-state index contributed by atoms with van der Waals surface area (Å²) in [4.78, 5) is 4.11. The van der Waals surface area contributed by atoms with Gasteiger partial charge in [0.25, 0.3) is 5.89 Å². The van der Waals surface area contributed by atoms with Crippen LogP contribution in [0.2, 0.25) is 0 Å². The summed E-state index contributed by atoms with van der Waals surface area (Å²) in [5.74, 6) is 2.35. The second-order valence-electron chi connectivity index (χ2n) is 4.36. The minimum absolute atomic E-state index is 0.294. The third-order valence-corrected chi connectivity index (χ3v) is 3.01. The van der Waals surface area contributed by atoms with Gasteiger partial charge in [-0.15, -0.1) is 0 Å². The molecule has 0 spiro atoms. The maximum atomic E-state index is 5.74. The second-order valence-corrected chi connectivity index (χ2v) is 5.28. The standard InChI is InChI=1S/C13H15BrN2O2/c1-8(2)11-6-10(14)4-5-12(11)17-7-13-15-9(3)16-18-13/h4-6,8H,7H2,1-3H3. The van der Waals surface area contributed by atoms with Crippen LogP contribution < -0.4 is 4.74 Å². The lowest BCUT2D eigenvalue weighted by Gasteiger charge is -2.13. The van der Waals surface area contributed by atoms with Gasteiger partial charge in [0.1, 0.15) is 5.75 Å². The number of nitrogens with zero attached hydrogens (tertiary/aromatic N) is 2. The van der Waals surface area contributed by atoms with Gasteiger partial charge in [-0.3, -0.25) is 0 Å². The summed E-state index contributed by atoms with van der Waals surface area (Å²) in [7, 11) is 0. The second kappa shape index (κ2) is 5.52. The molecule has 1 aromatic heterocycles. The van der Waals surface area contributed by atoms with Gasteiger partial charge in [-0.25, -0.2) is 0 Å². The van der Waals surface area contributed by atoms with Crippen LogP contribution in [0.4, 0.5) is 0 Å². The Bertz CT molecular complexity index is 538. The first kappa shape index (κ1) is 13.1. The van der Waals surface area contributed by atoms with E-state index in [9.17, 15) is 0 Å². The normalized spacial score (nSPS) is 10.9. The third-order valence-electron chi connectivity index (χ3n) is 2.51. The summed E-state index contributed by atoms with van der Waals surface area (Å²) in [6.45, 7) is 6.34. The molecule has 0 unspecified atom stereocenters. The Hall–Kier alpha value is -1.36. The molecule has 0 bridgehead atoms. The summed E-state index contributed by atoms with van der Waals surface area (Å²) < 4.78 is 11.8. The van der Waals surface area contributed by atoms with Crippen LogP contribution >= 0.6 is 15.9 Å². The molecule has 0 atom stereocenters. The van der Waals surface area contributed by atoms with Crippen molar-refractivity contribution in [1.29, 1.82) is 0 Å². The van der Waals surface area contributed by atoms with Gasteiger partial charge in [0.2, 0.25) is 0 Å². The van der Waals surface area contributed by atoms with E-state index in [2.05, 4.69) is 46.0 Å². The van der Waals surface area contributed by atoms with E-state index in [-0.39, 0.29) is 0 Å². The molecule has 0 N–H and O–H groups in total. The Kier molecular flexibility index (Phi) is 4.01. The molecular formula is C13H15BrN2O2. The number of rotatable bonds is 4. The highest BCUT2D eigenvalue weighted by atomic mass is 79.9. The van der Waals surface area contributed by atoms with Crippen molar-refractivity contribution in [3.8, 4) is 5.75 Å². The Morgan fingerprint density at radius 2 is 2.17 bits per heavy atom. The van der Waals surface area contributed by atoms with Gasteiger partial charge in [-0.1, -0.05) is 34.9 Å². The number of hydrogen-bond acceptors (Lipinski definition) is 4. The molecule has 0 saturated carbocycles. The number of aryl methyl sites for hydroxylation is 1. The molecule has 4 nitrogen and oxygen atoms in total. The number of benzene rings is 1. The van der Waals surface area contributed by atoms with Gasteiger partial charge >= 0.3 is 0 Å². The van der Waals surface area contributed by atoms with Crippen molar-refractivity contribution >= 4 is 15.9 Å². The van der Waals surface area contributed by atoms with E-state index in [1.54, 1.807) is 6.92 Å². The molecule has 0 saturated heterocycles. The zero-order chi connectivity index (χ0) is 13.1. The molecule has 0 aliphatic carbocycles. The van der Waals surface area contributed by atoms with E-state index >= 15 is 0 Å². The fourth-order valence-electron chi connectivity index (χ4n) is 1.64. The molecule has 5 heteroatoms. The van der Waals surface area contributed by atoms with Gasteiger partial charge in [0, 0.05) is 4.47 Å². The number of hydrogen-bond donors (Lipinski definition) is 0. The summed E-state index contributed by atoms with van der Waals surface area (Å²) in [6.07, 6.45) is 0. The quantitative estimate of drug-likeness (QED) is 0.860. The van der Waals surface area contributed by atoms with Crippen LogP contribution in [-0.4, -0.2) is 10.1 Å². The maximum absolute atomic E-state index is 5.74. The molecule has 1 aromatic carbocycles. The van der Waals surface area contributed by atoms with Gasteiger partial charge in [-0.05, 0) is 36.6 Å². The molecule has 0 aliphatic heterocycles. The van der Waals surface area contributed by atoms with E-state index in [4.69, 9.17) is 9.26 Å². The van der Waals surface area contributed by atoms with E-state index in [1.807, 2.05) is 12.1 Å². The largest absolute Gasteiger partial charge is 0.483 e. The van der Waals surface area contributed by atoms with Crippen molar-refractivity contribution in [3.63, 3.8) is 0 Å².